The van der Waals surface area contributed by atoms with E-state index in [-0.39, 0.29) is 11.3 Å². The van der Waals surface area contributed by atoms with E-state index in [4.69, 9.17) is 10.00 Å². The highest BCUT2D eigenvalue weighted by Crippen LogP contribution is 2.14. The Labute approximate surface area is 105 Å². The first kappa shape index (κ1) is 13.7. The molecule has 0 saturated heterocycles. The normalized spacial score (nSPS) is 10.3. The van der Waals surface area contributed by atoms with Crippen LogP contribution in [0.4, 0.5) is 5.69 Å². The Hall–Kier alpha value is -2.35. The van der Waals surface area contributed by atoms with E-state index >= 15 is 0 Å². The third kappa shape index (κ3) is 3.91. The molecule has 0 saturated carbocycles. The van der Waals surface area contributed by atoms with Crippen molar-refractivity contribution in [3.8, 4) is 6.07 Å². The van der Waals surface area contributed by atoms with Gasteiger partial charge in [-0.1, -0.05) is 12.1 Å². The largest absolute Gasteiger partial charge is 0.453 e. The van der Waals surface area contributed by atoms with Crippen LogP contribution in [-0.2, 0) is 14.3 Å². The molecule has 1 amide bonds. The number of amides is 1. The highest BCUT2D eigenvalue weighted by atomic mass is 16.6. The zero-order chi connectivity index (χ0) is 13.8. The molecule has 1 aromatic rings. The smallest absolute Gasteiger partial charge is 0.397 e. The lowest BCUT2D eigenvalue weighted by Gasteiger charge is -2.18. The number of esters is 1. The second-order valence-electron chi connectivity index (χ2n) is 4.61. The van der Waals surface area contributed by atoms with E-state index < -0.39 is 17.5 Å². The molecule has 18 heavy (non-hydrogen) atoms. The molecule has 1 aromatic carbocycles. The average molecular weight is 246 g/mol. The zero-order valence-corrected chi connectivity index (χ0v) is 10.5. The van der Waals surface area contributed by atoms with Crippen molar-refractivity contribution in [3.05, 3.63) is 29.8 Å². The van der Waals surface area contributed by atoms with Crippen molar-refractivity contribution < 1.29 is 14.3 Å². The number of para-hydroxylation sites is 1. The van der Waals surface area contributed by atoms with E-state index in [0.29, 0.717) is 0 Å². The maximum absolute atomic E-state index is 11.6. The number of ether oxygens (including phenoxy) is 1. The lowest BCUT2D eigenvalue weighted by molar-refractivity contribution is -0.161. The highest BCUT2D eigenvalue weighted by molar-refractivity contribution is 6.37. The summed E-state index contributed by atoms with van der Waals surface area (Å²) in [5, 5.41) is 11.2. The molecule has 0 radical (unpaired) electrons. The number of anilines is 1. The first-order chi connectivity index (χ1) is 8.33. The van der Waals surface area contributed by atoms with Crippen LogP contribution in [0.25, 0.3) is 0 Å². The number of rotatable bonds is 1. The lowest BCUT2D eigenvalue weighted by Crippen LogP contribution is -2.32. The van der Waals surface area contributed by atoms with Gasteiger partial charge in [0.05, 0.1) is 11.3 Å². The summed E-state index contributed by atoms with van der Waals surface area (Å²) in [5.41, 5.74) is -0.159. The average Bonchev–Trinajstić information content (AvgIpc) is 2.27. The Kier molecular flexibility index (Phi) is 4.05. The van der Waals surface area contributed by atoms with Gasteiger partial charge in [0.15, 0.2) is 0 Å². The number of nitrogens with zero attached hydrogens (tertiary/aromatic N) is 1. The minimum atomic E-state index is -0.977. The van der Waals surface area contributed by atoms with E-state index in [0.717, 1.165) is 0 Å². The molecule has 0 fully saturated rings. The van der Waals surface area contributed by atoms with Gasteiger partial charge in [0.1, 0.15) is 11.7 Å². The van der Waals surface area contributed by atoms with Crippen LogP contribution in [0.5, 0.6) is 0 Å². The van der Waals surface area contributed by atoms with Gasteiger partial charge in [0.2, 0.25) is 0 Å². The Morgan fingerprint density at radius 2 is 1.89 bits per heavy atom. The van der Waals surface area contributed by atoms with Crippen LogP contribution < -0.4 is 5.32 Å². The second kappa shape index (κ2) is 5.32. The molecule has 94 valence electrons. The van der Waals surface area contributed by atoms with Gasteiger partial charge in [-0.15, -0.1) is 0 Å². The van der Waals surface area contributed by atoms with Gasteiger partial charge >= 0.3 is 11.9 Å². The number of nitrogens with one attached hydrogen (secondary N) is 1. The Morgan fingerprint density at radius 3 is 2.44 bits per heavy atom. The maximum atomic E-state index is 11.6. The number of hydrogen-bond donors (Lipinski definition) is 1. The van der Waals surface area contributed by atoms with Gasteiger partial charge in [0.25, 0.3) is 0 Å². The topological polar surface area (TPSA) is 79.2 Å². The molecule has 0 aliphatic rings. The van der Waals surface area contributed by atoms with Crippen molar-refractivity contribution >= 4 is 17.6 Å². The molecule has 0 atom stereocenters. The molecule has 0 aliphatic carbocycles. The van der Waals surface area contributed by atoms with Crippen molar-refractivity contribution in [2.45, 2.75) is 26.4 Å². The number of benzene rings is 1. The predicted molar refractivity (Wildman–Crippen MR) is 65.6 cm³/mol. The molecule has 1 N–H and O–H groups in total. The molecule has 5 nitrogen and oxygen atoms in total. The summed E-state index contributed by atoms with van der Waals surface area (Å²) in [6.07, 6.45) is 0. The molecule has 0 heterocycles. The van der Waals surface area contributed by atoms with Crippen LogP contribution >= 0.6 is 0 Å². The SMILES string of the molecule is CC(C)(C)OC(=O)C(=O)Nc1ccccc1C#N. The highest BCUT2D eigenvalue weighted by Gasteiger charge is 2.23. The standard InChI is InChI=1S/C13H14N2O3/c1-13(2,3)18-12(17)11(16)15-10-7-5-4-6-9(10)8-14/h4-7H,1-3H3,(H,15,16). The molecule has 0 aliphatic heterocycles. The summed E-state index contributed by atoms with van der Waals surface area (Å²) < 4.78 is 4.91. The van der Waals surface area contributed by atoms with Crippen LogP contribution in [-0.4, -0.2) is 17.5 Å². The number of hydrogen-bond acceptors (Lipinski definition) is 4. The van der Waals surface area contributed by atoms with Gasteiger partial charge in [-0.2, -0.15) is 5.26 Å². The Bertz CT molecular complexity index is 510. The van der Waals surface area contributed by atoms with Crippen molar-refractivity contribution in [2.75, 3.05) is 5.32 Å². The van der Waals surface area contributed by atoms with E-state index in [1.165, 1.54) is 0 Å². The summed E-state index contributed by atoms with van der Waals surface area (Å²) in [7, 11) is 0. The summed E-state index contributed by atoms with van der Waals surface area (Å²) in [6, 6.07) is 8.34. The summed E-state index contributed by atoms with van der Waals surface area (Å²) in [5.74, 6) is -1.87. The number of carbonyl (C=O) groups excluding carboxylic acids is 2. The van der Waals surface area contributed by atoms with Crippen molar-refractivity contribution in [3.63, 3.8) is 0 Å². The molecule has 0 aromatic heterocycles. The molecular weight excluding hydrogens is 232 g/mol. The Balaban J connectivity index is 2.77. The molecule has 0 spiro atoms. The van der Waals surface area contributed by atoms with Crippen LogP contribution in [0.15, 0.2) is 24.3 Å². The maximum Gasteiger partial charge on any atom is 0.397 e. The monoisotopic (exact) mass is 246 g/mol. The summed E-state index contributed by atoms with van der Waals surface area (Å²) >= 11 is 0. The van der Waals surface area contributed by atoms with Crippen molar-refractivity contribution in [1.29, 1.82) is 5.26 Å². The van der Waals surface area contributed by atoms with Crippen molar-refractivity contribution in [2.24, 2.45) is 0 Å². The number of nitriles is 1. The third-order valence-corrected chi connectivity index (χ3v) is 1.88. The fourth-order valence-electron chi connectivity index (χ4n) is 1.19. The van der Waals surface area contributed by atoms with Crippen LogP contribution in [0.1, 0.15) is 26.3 Å². The van der Waals surface area contributed by atoms with E-state index in [1.807, 2.05) is 6.07 Å². The van der Waals surface area contributed by atoms with Crippen LogP contribution in [0.3, 0.4) is 0 Å². The van der Waals surface area contributed by atoms with E-state index in [1.54, 1.807) is 45.0 Å². The minimum Gasteiger partial charge on any atom is -0.453 e. The second-order valence-corrected chi connectivity index (χ2v) is 4.61. The predicted octanol–water partition coefficient (Wildman–Crippen LogP) is 1.84. The summed E-state index contributed by atoms with van der Waals surface area (Å²) in [4.78, 5) is 23.0. The van der Waals surface area contributed by atoms with Crippen LogP contribution in [0.2, 0.25) is 0 Å². The quantitative estimate of drug-likeness (QED) is 0.605. The molecule has 5 heteroatoms. The molecule has 1 rings (SSSR count). The van der Waals surface area contributed by atoms with E-state index in [9.17, 15) is 9.59 Å². The van der Waals surface area contributed by atoms with Gasteiger partial charge in [-0.05, 0) is 32.9 Å². The first-order valence-corrected chi connectivity index (χ1v) is 5.37. The zero-order valence-electron chi connectivity index (χ0n) is 10.5. The number of carbonyl (C=O) groups is 2. The van der Waals surface area contributed by atoms with E-state index in [2.05, 4.69) is 5.32 Å². The first-order valence-electron chi connectivity index (χ1n) is 5.37. The van der Waals surface area contributed by atoms with Gasteiger partial charge < -0.3 is 10.1 Å². The van der Waals surface area contributed by atoms with Crippen molar-refractivity contribution in [1.82, 2.24) is 0 Å². The third-order valence-electron chi connectivity index (χ3n) is 1.88. The minimum absolute atomic E-state index is 0.286. The Morgan fingerprint density at radius 1 is 1.28 bits per heavy atom. The van der Waals surface area contributed by atoms with Gasteiger partial charge in [0, 0.05) is 0 Å². The molecular formula is C13H14N2O3. The van der Waals surface area contributed by atoms with Crippen LogP contribution in [0, 0.1) is 11.3 Å². The fraction of sp³-hybridized carbons (Fsp3) is 0.308. The van der Waals surface area contributed by atoms with Gasteiger partial charge in [-0.25, -0.2) is 4.79 Å². The summed E-state index contributed by atoms with van der Waals surface area (Å²) in [6.45, 7) is 5.00. The van der Waals surface area contributed by atoms with Gasteiger partial charge in [-0.3, -0.25) is 4.79 Å². The molecule has 0 bridgehead atoms. The molecule has 0 unspecified atom stereocenters. The fourth-order valence-corrected chi connectivity index (χ4v) is 1.19. The lowest BCUT2D eigenvalue weighted by atomic mass is 10.2.